The van der Waals surface area contributed by atoms with Crippen LogP contribution in [0, 0.1) is 6.92 Å². The van der Waals surface area contributed by atoms with Gasteiger partial charge in [-0.1, -0.05) is 45.9 Å². The number of carbonyl (C=O) groups excluding carboxylic acids is 1. The van der Waals surface area contributed by atoms with Crippen LogP contribution in [0.3, 0.4) is 0 Å². The average molecular weight is 431 g/mol. The van der Waals surface area contributed by atoms with Crippen LogP contribution in [-0.4, -0.2) is 17.4 Å². The van der Waals surface area contributed by atoms with Gasteiger partial charge in [-0.15, -0.1) is 0 Å². The second-order valence-electron chi connectivity index (χ2n) is 10.4. The van der Waals surface area contributed by atoms with E-state index in [1.165, 1.54) is 35.1 Å². The van der Waals surface area contributed by atoms with Crippen molar-refractivity contribution in [2.45, 2.75) is 71.1 Å². The number of amides is 1. The quantitative estimate of drug-likeness (QED) is 0.530. The number of pyridine rings is 1. The van der Waals surface area contributed by atoms with Crippen LogP contribution >= 0.6 is 0 Å². The number of aryl methyl sites for hydroxylation is 1. The highest BCUT2D eigenvalue weighted by molar-refractivity contribution is 5.91. The van der Waals surface area contributed by atoms with E-state index < -0.39 is 0 Å². The van der Waals surface area contributed by atoms with E-state index in [-0.39, 0.29) is 16.7 Å². The zero-order valence-corrected chi connectivity index (χ0v) is 19.9. The molecule has 4 rings (SSSR count). The third-order valence-corrected chi connectivity index (χ3v) is 6.98. The van der Waals surface area contributed by atoms with Gasteiger partial charge in [-0.2, -0.15) is 0 Å². The zero-order valence-electron chi connectivity index (χ0n) is 19.9. The van der Waals surface area contributed by atoms with Gasteiger partial charge in [0, 0.05) is 25.4 Å². The number of hydrogen-bond acceptors (Lipinski definition) is 3. The Morgan fingerprint density at radius 2 is 1.78 bits per heavy atom. The predicted octanol–water partition coefficient (Wildman–Crippen LogP) is 5.90. The summed E-state index contributed by atoms with van der Waals surface area (Å²) in [6.45, 7) is 12.1. The maximum atomic E-state index is 12.5. The number of carbonyl (C=O) groups is 1. The standard InChI is InChI=1S/C28H34N2O2/c1-19-15-23-24(28(4,5)12-11-27(23,2)3)17-21(19)16-22-8-9-25(32-22)26(31)30-14-10-20-7-6-13-29-18-20/h6-9,13,15,17-18H,10-12,14,16H2,1-5H3,(H,30,31). The molecule has 0 atom stereocenters. The van der Waals surface area contributed by atoms with E-state index in [9.17, 15) is 4.79 Å². The van der Waals surface area contributed by atoms with E-state index in [2.05, 4.69) is 57.1 Å². The molecule has 2 heterocycles. The smallest absolute Gasteiger partial charge is 0.287 e. The molecular formula is C28H34N2O2. The SMILES string of the molecule is Cc1cc2c(cc1Cc1ccc(C(=O)NCCc3cccnc3)o1)C(C)(C)CCC2(C)C. The molecule has 1 amide bonds. The van der Waals surface area contributed by atoms with Crippen molar-refractivity contribution in [2.24, 2.45) is 0 Å². The monoisotopic (exact) mass is 430 g/mol. The molecule has 0 aliphatic heterocycles. The molecule has 0 radical (unpaired) electrons. The molecule has 1 N–H and O–H groups in total. The van der Waals surface area contributed by atoms with Crippen LogP contribution in [0.2, 0.25) is 0 Å². The molecule has 0 bridgehead atoms. The molecule has 0 unspecified atom stereocenters. The summed E-state index contributed by atoms with van der Waals surface area (Å²) in [5.41, 5.74) is 6.97. The number of aromatic nitrogens is 1. The average Bonchev–Trinajstić information content (AvgIpc) is 3.22. The summed E-state index contributed by atoms with van der Waals surface area (Å²) in [6, 6.07) is 12.4. The minimum absolute atomic E-state index is 0.176. The minimum atomic E-state index is -0.176. The van der Waals surface area contributed by atoms with Crippen molar-refractivity contribution in [3.63, 3.8) is 0 Å². The minimum Gasteiger partial charge on any atom is -0.456 e. The van der Waals surface area contributed by atoms with Gasteiger partial charge in [-0.25, -0.2) is 0 Å². The van der Waals surface area contributed by atoms with Crippen molar-refractivity contribution in [3.8, 4) is 0 Å². The van der Waals surface area contributed by atoms with E-state index in [1.807, 2.05) is 24.4 Å². The highest BCUT2D eigenvalue weighted by atomic mass is 16.3. The van der Waals surface area contributed by atoms with Crippen molar-refractivity contribution < 1.29 is 9.21 Å². The lowest BCUT2D eigenvalue weighted by molar-refractivity contribution is 0.0925. The van der Waals surface area contributed by atoms with Crippen molar-refractivity contribution in [3.05, 3.63) is 88.1 Å². The van der Waals surface area contributed by atoms with Gasteiger partial charge in [0.05, 0.1) is 0 Å². The Bertz CT molecular complexity index is 1110. The number of nitrogens with one attached hydrogen (secondary N) is 1. The number of rotatable bonds is 6. The summed E-state index contributed by atoms with van der Waals surface area (Å²) in [7, 11) is 0. The molecule has 1 aliphatic carbocycles. The normalized spacial score (nSPS) is 16.4. The Morgan fingerprint density at radius 1 is 1.06 bits per heavy atom. The van der Waals surface area contributed by atoms with Gasteiger partial charge in [-0.3, -0.25) is 9.78 Å². The van der Waals surface area contributed by atoms with Crippen LogP contribution in [0.25, 0.3) is 0 Å². The molecule has 1 aromatic carbocycles. The zero-order chi connectivity index (χ0) is 22.9. The molecule has 2 aromatic heterocycles. The molecule has 32 heavy (non-hydrogen) atoms. The lowest BCUT2D eigenvalue weighted by atomic mass is 9.62. The fourth-order valence-electron chi connectivity index (χ4n) is 4.69. The molecule has 4 heteroatoms. The van der Waals surface area contributed by atoms with Gasteiger partial charge in [0.25, 0.3) is 5.91 Å². The Labute approximate surface area is 191 Å². The van der Waals surface area contributed by atoms with Crippen LogP contribution in [0.1, 0.15) is 84.7 Å². The second-order valence-corrected chi connectivity index (χ2v) is 10.4. The molecule has 0 saturated heterocycles. The Balaban J connectivity index is 1.46. The fraction of sp³-hybridized carbons (Fsp3) is 0.429. The first-order valence-corrected chi connectivity index (χ1v) is 11.6. The number of furan rings is 1. The third-order valence-electron chi connectivity index (χ3n) is 6.98. The first-order valence-electron chi connectivity index (χ1n) is 11.6. The van der Waals surface area contributed by atoms with Crippen molar-refractivity contribution in [1.82, 2.24) is 10.3 Å². The van der Waals surface area contributed by atoms with Gasteiger partial charge in [0.1, 0.15) is 5.76 Å². The van der Waals surface area contributed by atoms with Crippen LogP contribution in [0.4, 0.5) is 0 Å². The van der Waals surface area contributed by atoms with E-state index in [0.29, 0.717) is 18.7 Å². The lowest BCUT2D eigenvalue weighted by Crippen LogP contribution is -2.34. The molecule has 4 nitrogen and oxygen atoms in total. The van der Waals surface area contributed by atoms with Crippen molar-refractivity contribution >= 4 is 5.91 Å². The summed E-state index contributed by atoms with van der Waals surface area (Å²) in [6.07, 6.45) is 7.41. The molecule has 1 aliphatic rings. The summed E-state index contributed by atoms with van der Waals surface area (Å²) in [5.74, 6) is 1.01. The molecule has 168 valence electrons. The van der Waals surface area contributed by atoms with Gasteiger partial charge in [0.2, 0.25) is 0 Å². The van der Waals surface area contributed by atoms with Crippen molar-refractivity contribution in [2.75, 3.05) is 6.54 Å². The Hall–Kier alpha value is -2.88. The van der Waals surface area contributed by atoms with E-state index in [1.54, 1.807) is 12.3 Å². The second kappa shape index (κ2) is 8.57. The van der Waals surface area contributed by atoms with Gasteiger partial charge < -0.3 is 9.73 Å². The first kappa shape index (κ1) is 22.3. The van der Waals surface area contributed by atoms with Crippen LogP contribution < -0.4 is 5.32 Å². The van der Waals surface area contributed by atoms with E-state index >= 15 is 0 Å². The fourth-order valence-corrected chi connectivity index (χ4v) is 4.69. The molecule has 0 spiro atoms. The predicted molar refractivity (Wildman–Crippen MR) is 128 cm³/mol. The summed E-state index contributed by atoms with van der Waals surface area (Å²) in [4.78, 5) is 16.6. The van der Waals surface area contributed by atoms with Crippen LogP contribution in [0.15, 0.2) is 53.2 Å². The summed E-state index contributed by atoms with van der Waals surface area (Å²) < 4.78 is 5.92. The molecule has 0 fully saturated rings. The largest absolute Gasteiger partial charge is 0.456 e. The molecule has 3 aromatic rings. The molecule has 0 saturated carbocycles. The third kappa shape index (κ3) is 4.64. The van der Waals surface area contributed by atoms with Gasteiger partial charge >= 0.3 is 0 Å². The first-order chi connectivity index (χ1) is 15.2. The highest BCUT2D eigenvalue weighted by Crippen LogP contribution is 2.46. The lowest BCUT2D eigenvalue weighted by Gasteiger charge is -2.42. The molecular weight excluding hydrogens is 396 g/mol. The number of hydrogen-bond donors (Lipinski definition) is 1. The summed E-state index contributed by atoms with van der Waals surface area (Å²) >= 11 is 0. The van der Waals surface area contributed by atoms with E-state index in [0.717, 1.165) is 17.7 Å². The van der Waals surface area contributed by atoms with Crippen LogP contribution in [0.5, 0.6) is 0 Å². The topological polar surface area (TPSA) is 55.1 Å². The van der Waals surface area contributed by atoms with Gasteiger partial charge in [0.15, 0.2) is 5.76 Å². The Kier molecular flexibility index (Phi) is 5.98. The maximum absolute atomic E-state index is 12.5. The summed E-state index contributed by atoms with van der Waals surface area (Å²) in [5, 5.41) is 2.94. The van der Waals surface area contributed by atoms with Crippen LogP contribution in [-0.2, 0) is 23.7 Å². The van der Waals surface area contributed by atoms with Gasteiger partial charge in [-0.05, 0) is 83.0 Å². The van der Waals surface area contributed by atoms with E-state index in [4.69, 9.17) is 4.42 Å². The number of nitrogens with zero attached hydrogens (tertiary/aromatic N) is 1. The number of benzene rings is 1. The van der Waals surface area contributed by atoms with Crippen molar-refractivity contribution in [1.29, 1.82) is 0 Å². The number of fused-ring (bicyclic) bond motifs is 1. The maximum Gasteiger partial charge on any atom is 0.287 e. The Morgan fingerprint density at radius 3 is 2.47 bits per heavy atom. The highest BCUT2D eigenvalue weighted by Gasteiger charge is 2.37.